The van der Waals surface area contributed by atoms with Crippen LogP contribution in [0.4, 0.5) is 0 Å². The van der Waals surface area contributed by atoms with Crippen molar-refractivity contribution >= 4 is 11.8 Å². The fraction of sp³-hybridized carbons (Fsp3) is 0.250. The van der Waals surface area contributed by atoms with Crippen molar-refractivity contribution in [2.75, 3.05) is 6.26 Å². The van der Waals surface area contributed by atoms with E-state index in [2.05, 4.69) is 16.3 Å². The maximum absolute atomic E-state index is 8.78. The molecule has 1 aromatic heterocycles. The zero-order chi connectivity index (χ0) is 12.3. The van der Waals surface area contributed by atoms with Crippen LogP contribution in [0.2, 0.25) is 0 Å². The largest absolute Gasteiger partial charge is 0.273 e. The van der Waals surface area contributed by atoms with E-state index < -0.39 is 0 Å². The maximum atomic E-state index is 8.78. The van der Waals surface area contributed by atoms with Gasteiger partial charge in [0, 0.05) is 5.69 Å². The molecule has 0 saturated carbocycles. The quantitative estimate of drug-likeness (QED) is 0.778. The topological polar surface area (TPSA) is 54.5 Å². The molecule has 2 aromatic rings. The van der Waals surface area contributed by atoms with Crippen LogP contribution in [0.15, 0.2) is 29.4 Å². The van der Waals surface area contributed by atoms with E-state index in [0.29, 0.717) is 5.82 Å². The van der Waals surface area contributed by atoms with Crippen LogP contribution in [-0.4, -0.2) is 21.0 Å². The summed E-state index contributed by atoms with van der Waals surface area (Å²) in [4.78, 5) is 0. The molecule has 0 aliphatic heterocycles. The Kier molecular flexibility index (Phi) is 3.45. The van der Waals surface area contributed by atoms with Gasteiger partial charge < -0.3 is 0 Å². The van der Waals surface area contributed by atoms with Gasteiger partial charge in [-0.2, -0.15) is 5.26 Å². The molecule has 1 heterocycles. The van der Waals surface area contributed by atoms with E-state index in [1.165, 1.54) is 17.3 Å². The van der Waals surface area contributed by atoms with Crippen LogP contribution in [-0.2, 0) is 6.42 Å². The normalized spacial score (nSPS) is 10.2. The SMILES string of the molecule is CSc1nnc(CC#N)n1-c1ccc(C)cc1. The lowest BCUT2D eigenvalue weighted by Crippen LogP contribution is -2.01. The fourth-order valence-corrected chi connectivity index (χ4v) is 2.09. The third kappa shape index (κ3) is 2.32. The zero-order valence-electron chi connectivity index (χ0n) is 9.71. The first-order valence-electron chi connectivity index (χ1n) is 5.18. The van der Waals surface area contributed by atoms with Crippen LogP contribution in [0, 0.1) is 18.3 Å². The molecular weight excluding hydrogens is 232 g/mol. The standard InChI is InChI=1S/C12H12N4S/c1-9-3-5-10(6-4-9)16-11(7-8-13)14-15-12(16)17-2/h3-6H,7H2,1-2H3. The highest BCUT2D eigenvalue weighted by atomic mass is 32.2. The third-order valence-electron chi connectivity index (χ3n) is 2.41. The Morgan fingerprint density at radius 1 is 1.29 bits per heavy atom. The summed E-state index contributed by atoms with van der Waals surface area (Å²) >= 11 is 1.52. The van der Waals surface area contributed by atoms with Gasteiger partial charge in [-0.1, -0.05) is 29.5 Å². The molecular formula is C12H12N4S. The van der Waals surface area contributed by atoms with Crippen molar-refractivity contribution in [2.45, 2.75) is 18.5 Å². The lowest BCUT2D eigenvalue weighted by atomic mass is 10.2. The highest BCUT2D eigenvalue weighted by Gasteiger charge is 2.12. The summed E-state index contributed by atoms with van der Waals surface area (Å²) in [5, 5.41) is 17.7. The average Bonchev–Trinajstić information content (AvgIpc) is 2.74. The minimum absolute atomic E-state index is 0.265. The summed E-state index contributed by atoms with van der Waals surface area (Å²) in [5.41, 5.74) is 2.20. The summed E-state index contributed by atoms with van der Waals surface area (Å²) in [7, 11) is 0. The number of thioether (sulfide) groups is 1. The van der Waals surface area contributed by atoms with Crippen molar-refractivity contribution in [2.24, 2.45) is 0 Å². The number of nitriles is 1. The molecule has 0 saturated heterocycles. The van der Waals surface area contributed by atoms with Crippen LogP contribution in [0.1, 0.15) is 11.4 Å². The molecule has 1 aromatic carbocycles. The minimum atomic E-state index is 0.265. The molecule has 0 amide bonds. The second-order valence-corrected chi connectivity index (χ2v) is 4.38. The number of hydrogen-bond donors (Lipinski definition) is 0. The molecule has 4 nitrogen and oxygen atoms in total. The van der Waals surface area contributed by atoms with E-state index in [0.717, 1.165) is 10.8 Å². The van der Waals surface area contributed by atoms with Crippen molar-refractivity contribution < 1.29 is 0 Å². The Labute approximate surface area is 104 Å². The first-order chi connectivity index (χ1) is 8.26. The molecule has 0 aliphatic carbocycles. The zero-order valence-corrected chi connectivity index (χ0v) is 10.5. The third-order valence-corrected chi connectivity index (χ3v) is 3.04. The number of aromatic nitrogens is 3. The van der Waals surface area contributed by atoms with Crippen molar-refractivity contribution in [3.05, 3.63) is 35.7 Å². The molecule has 0 radical (unpaired) electrons. The monoisotopic (exact) mass is 244 g/mol. The van der Waals surface area contributed by atoms with Gasteiger partial charge in [0.2, 0.25) is 0 Å². The molecule has 86 valence electrons. The Bertz CT molecular complexity index is 551. The lowest BCUT2D eigenvalue weighted by molar-refractivity contribution is 0.857. The summed E-state index contributed by atoms with van der Waals surface area (Å²) in [6, 6.07) is 10.2. The van der Waals surface area contributed by atoms with E-state index in [4.69, 9.17) is 5.26 Å². The predicted molar refractivity (Wildman–Crippen MR) is 67.2 cm³/mol. The predicted octanol–water partition coefficient (Wildman–Crippen LogP) is 2.36. The molecule has 2 rings (SSSR count). The van der Waals surface area contributed by atoms with Crippen LogP contribution in [0.25, 0.3) is 5.69 Å². The highest BCUT2D eigenvalue weighted by molar-refractivity contribution is 7.98. The molecule has 0 fully saturated rings. The molecule has 0 unspecified atom stereocenters. The summed E-state index contributed by atoms with van der Waals surface area (Å²) in [5.74, 6) is 0.681. The first kappa shape index (κ1) is 11.7. The van der Waals surface area contributed by atoms with Gasteiger partial charge >= 0.3 is 0 Å². The van der Waals surface area contributed by atoms with E-state index in [1.807, 2.05) is 42.0 Å². The van der Waals surface area contributed by atoms with Crippen molar-refractivity contribution in [3.63, 3.8) is 0 Å². The Morgan fingerprint density at radius 3 is 2.59 bits per heavy atom. The number of nitrogens with zero attached hydrogens (tertiary/aromatic N) is 4. The van der Waals surface area contributed by atoms with E-state index in [-0.39, 0.29) is 6.42 Å². The summed E-state index contributed by atoms with van der Waals surface area (Å²) in [6.45, 7) is 2.04. The van der Waals surface area contributed by atoms with Crippen molar-refractivity contribution in [1.82, 2.24) is 14.8 Å². The molecule has 0 atom stereocenters. The van der Waals surface area contributed by atoms with Crippen LogP contribution < -0.4 is 0 Å². The van der Waals surface area contributed by atoms with Crippen molar-refractivity contribution in [3.8, 4) is 11.8 Å². The molecule has 0 aliphatic rings. The van der Waals surface area contributed by atoms with Gasteiger partial charge in [0.05, 0.1) is 12.5 Å². The van der Waals surface area contributed by atoms with Crippen LogP contribution in [0.5, 0.6) is 0 Å². The molecule has 0 spiro atoms. The van der Waals surface area contributed by atoms with Gasteiger partial charge in [0.1, 0.15) is 0 Å². The second-order valence-electron chi connectivity index (χ2n) is 3.61. The first-order valence-corrected chi connectivity index (χ1v) is 6.41. The summed E-state index contributed by atoms with van der Waals surface area (Å²) < 4.78 is 1.92. The van der Waals surface area contributed by atoms with Gasteiger partial charge in [-0.15, -0.1) is 10.2 Å². The smallest absolute Gasteiger partial charge is 0.195 e. The fourth-order valence-electron chi connectivity index (χ4n) is 1.57. The number of aryl methyl sites for hydroxylation is 1. The number of hydrogen-bond acceptors (Lipinski definition) is 4. The Hall–Kier alpha value is -1.80. The molecule has 0 N–H and O–H groups in total. The minimum Gasteiger partial charge on any atom is -0.273 e. The Morgan fingerprint density at radius 2 is 2.00 bits per heavy atom. The lowest BCUT2D eigenvalue weighted by Gasteiger charge is -2.07. The van der Waals surface area contributed by atoms with Gasteiger partial charge in [-0.3, -0.25) is 4.57 Å². The van der Waals surface area contributed by atoms with Crippen LogP contribution >= 0.6 is 11.8 Å². The highest BCUT2D eigenvalue weighted by Crippen LogP contribution is 2.20. The molecule has 17 heavy (non-hydrogen) atoms. The van der Waals surface area contributed by atoms with Gasteiger partial charge in [0.25, 0.3) is 0 Å². The average molecular weight is 244 g/mol. The van der Waals surface area contributed by atoms with E-state index >= 15 is 0 Å². The van der Waals surface area contributed by atoms with E-state index in [1.54, 1.807) is 0 Å². The summed E-state index contributed by atoms with van der Waals surface area (Å²) in [6.07, 6.45) is 2.21. The second kappa shape index (κ2) is 5.02. The van der Waals surface area contributed by atoms with Gasteiger partial charge in [-0.05, 0) is 25.3 Å². The maximum Gasteiger partial charge on any atom is 0.195 e. The van der Waals surface area contributed by atoms with Crippen molar-refractivity contribution in [1.29, 1.82) is 5.26 Å². The Balaban J connectivity index is 2.52. The van der Waals surface area contributed by atoms with E-state index in [9.17, 15) is 0 Å². The van der Waals surface area contributed by atoms with Crippen LogP contribution in [0.3, 0.4) is 0 Å². The molecule has 0 bridgehead atoms. The molecule has 5 heteroatoms. The van der Waals surface area contributed by atoms with Gasteiger partial charge in [-0.25, -0.2) is 0 Å². The van der Waals surface area contributed by atoms with Gasteiger partial charge in [0.15, 0.2) is 11.0 Å². The number of benzene rings is 1. The number of rotatable bonds is 3.